The molecule has 5 heterocycles. The van der Waals surface area contributed by atoms with Crippen LogP contribution in [0.25, 0.3) is 32.6 Å². The summed E-state index contributed by atoms with van der Waals surface area (Å²) in [5.74, 6) is 0.356. The lowest BCUT2D eigenvalue weighted by molar-refractivity contribution is -0.115. The minimum absolute atomic E-state index is 0.128. The van der Waals surface area contributed by atoms with E-state index in [0.717, 1.165) is 64.1 Å². The highest BCUT2D eigenvalue weighted by Gasteiger charge is 2.37. The summed E-state index contributed by atoms with van der Waals surface area (Å²) >= 11 is 10.7. The largest absolute Gasteiger partial charge is 0.415 e. The number of H-pyrrole nitrogens is 2. The summed E-state index contributed by atoms with van der Waals surface area (Å²) in [5, 5.41) is 9.06. The zero-order valence-corrected chi connectivity index (χ0v) is 34.2. The maximum atomic E-state index is 14.5. The molecular weight excluding hydrogens is 786 g/mol. The van der Waals surface area contributed by atoms with Crippen molar-refractivity contribution in [2.75, 3.05) is 53.3 Å². The maximum absolute atomic E-state index is 14.5. The van der Waals surface area contributed by atoms with E-state index in [1.807, 2.05) is 54.6 Å². The van der Waals surface area contributed by atoms with E-state index in [-0.39, 0.29) is 35.7 Å². The van der Waals surface area contributed by atoms with Gasteiger partial charge in [-0.05, 0) is 110 Å². The third kappa shape index (κ3) is 7.86. The number of anilines is 3. The first-order valence-corrected chi connectivity index (χ1v) is 21.6. The van der Waals surface area contributed by atoms with Crippen LogP contribution in [0.5, 0.6) is 5.75 Å². The highest BCUT2D eigenvalue weighted by atomic mass is 35.5. The zero-order chi connectivity index (χ0) is 40.6. The minimum Gasteiger partial charge on any atom is -0.409 e. The number of aromatic amines is 2. The number of alkyl halides is 1. The number of nitrogens with one attached hydrogen (secondary N) is 4. The summed E-state index contributed by atoms with van der Waals surface area (Å²) < 4.78 is 6.19. The maximum Gasteiger partial charge on any atom is 0.415 e. The van der Waals surface area contributed by atoms with Crippen molar-refractivity contribution in [3.63, 3.8) is 0 Å². The Kier molecular flexibility index (Phi) is 11.0. The molecule has 4 amide bonds. The molecule has 4 N–H and O–H groups in total. The van der Waals surface area contributed by atoms with Crippen molar-refractivity contribution < 1.29 is 23.9 Å². The third-order valence-electron chi connectivity index (χ3n) is 12.0. The van der Waals surface area contributed by atoms with Crippen LogP contribution in [-0.4, -0.2) is 93.5 Å². The van der Waals surface area contributed by atoms with Gasteiger partial charge in [0, 0.05) is 76.1 Å². The minimum atomic E-state index is -0.375. The molecular formula is C45H46ClN7O5S. The molecule has 0 bridgehead atoms. The highest BCUT2D eigenvalue weighted by molar-refractivity contribution is 7.80. The number of rotatable bonds is 9. The standard InChI is InChI=1S/C45H46ClN7O5S/c46-26-32-24-35-33-6-2-3-7-34(33)41(58-45(57)52-17-12-31(13-18-52)51-15-4-1-5-16-51)25-40(35)53(32)44(56)39-23-28-21-30(9-11-37(28)50-39)48-43(55)38-22-27-20-29(8-10-36(27)49-38)47-42(54)14-19-59/h2-3,6-11,20-23,25,31-32,49-50,59H,1,4-5,12-19,24,26H2,(H,47,54)(H,48,55)/t32-/m0/s1. The predicted molar refractivity (Wildman–Crippen MR) is 237 cm³/mol. The lowest BCUT2D eigenvalue weighted by Gasteiger charge is -2.39. The van der Waals surface area contributed by atoms with Crippen LogP contribution in [0.1, 0.15) is 65.1 Å². The lowest BCUT2D eigenvalue weighted by atomic mass is 10.00. The number of carbonyl (C=O) groups excluding carboxylic acids is 4. The van der Waals surface area contributed by atoms with Gasteiger partial charge in [-0.15, -0.1) is 11.6 Å². The molecule has 0 spiro atoms. The van der Waals surface area contributed by atoms with Gasteiger partial charge in [-0.2, -0.15) is 12.6 Å². The molecule has 0 aliphatic carbocycles. The summed E-state index contributed by atoms with van der Waals surface area (Å²) in [6.07, 6.45) is 6.14. The Morgan fingerprint density at radius 3 is 2.14 bits per heavy atom. The van der Waals surface area contributed by atoms with E-state index in [1.54, 1.807) is 34.1 Å². The van der Waals surface area contributed by atoms with Crippen LogP contribution >= 0.6 is 24.2 Å². The van der Waals surface area contributed by atoms with Crippen molar-refractivity contribution in [1.29, 1.82) is 0 Å². The van der Waals surface area contributed by atoms with Gasteiger partial charge in [0.15, 0.2) is 0 Å². The first kappa shape index (κ1) is 39.0. The topological polar surface area (TPSA) is 143 Å². The molecule has 304 valence electrons. The first-order valence-electron chi connectivity index (χ1n) is 20.4. The number of hydrogen-bond donors (Lipinski definition) is 5. The van der Waals surface area contributed by atoms with E-state index in [2.05, 4.69) is 38.1 Å². The summed E-state index contributed by atoms with van der Waals surface area (Å²) in [6.45, 7) is 3.58. The molecule has 0 radical (unpaired) electrons. The van der Waals surface area contributed by atoms with Gasteiger partial charge >= 0.3 is 6.09 Å². The number of halogens is 1. The molecule has 2 fully saturated rings. The van der Waals surface area contributed by atoms with Crippen molar-refractivity contribution in [2.24, 2.45) is 0 Å². The van der Waals surface area contributed by atoms with E-state index in [9.17, 15) is 19.2 Å². The van der Waals surface area contributed by atoms with Crippen LogP contribution < -0.4 is 20.3 Å². The number of benzene rings is 4. The number of hydrogen-bond acceptors (Lipinski definition) is 7. The molecule has 0 unspecified atom stereocenters. The fourth-order valence-electron chi connectivity index (χ4n) is 8.99. The van der Waals surface area contributed by atoms with Gasteiger partial charge in [-0.25, -0.2) is 4.79 Å². The molecule has 14 heteroatoms. The average molecular weight is 832 g/mol. The SMILES string of the molecule is O=C(CCS)Nc1ccc2[nH]c(C(=O)Nc3ccc4[nH]c(C(=O)N5c6cc(OC(=O)N7CCC(N8CCCCC8)CC7)c7ccccc7c6C[C@H]5CCl)cc4c3)cc2c1. The third-order valence-corrected chi connectivity index (χ3v) is 12.6. The second-order valence-corrected chi connectivity index (χ2v) is 16.5. The van der Waals surface area contributed by atoms with E-state index < -0.39 is 0 Å². The van der Waals surface area contributed by atoms with Crippen LogP contribution in [-0.2, 0) is 11.2 Å². The number of fused-ring (bicyclic) bond motifs is 5. The predicted octanol–water partition coefficient (Wildman–Crippen LogP) is 8.57. The summed E-state index contributed by atoms with van der Waals surface area (Å²) in [5.41, 5.74) is 5.05. The van der Waals surface area contributed by atoms with Gasteiger partial charge in [0.1, 0.15) is 17.1 Å². The fourth-order valence-corrected chi connectivity index (χ4v) is 9.44. The monoisotopic (exact) mass is 831 g/mol. The van der Waals surface area contributed by atoms with Gasteiger partial charge in [0.05, 0.1) is 11.7 Å². The second kappa shape index (κ2) is 16.6. The molecule has 9 rings (SSSR count). The van der Waals surface area contributed by atoms with Gasteiger partial charge < -0.3 is 40.0 Å². The van der Waals surface area contributed by atoms with Gasteiger partial charge in [0.2, 0.25) is 5.91 Å². The van der Waals surface area contributed by atoms with Crippen molar-refractivity contribution >= 4 is 97.7 Å². The van der Waals surface area contributed by atoms with Crippen molar-refractivity contribution in [1.82, 2.24) is 19.8 Å². The molecule has 3 aliphatic heterocycles. The Bertz CT molecular complexity index is 2590. The van der Waals surface area contributed by atoms with Crippen LogP contribution in [0.4, 0.5) is 21.9 Å². The number of amides is 4. The molecule has 59 heavy (non-hydrogen) atoms. The molecule has 0 saturated carbocycles. The number of piperidine rings is 2. The Morgan fingerprint density at radius 1 is 0.780 bits per heavy atom. The van der Waals surface area contributed by atoms with Crippen molar-refractivity contribution in [3.05, 3.63) is 95.8 Å². The van der Waals surface area contributed by atoms with E-state index >= 15 is 0 Å². The summed E-state index contributed by atoms with van der Waals surface area (Å²) in [4.78, 5) is 66.1. The normalized spacial score (nSPS) is 17.4. The van der Waals surface area contributed by atoms with E-state index in [4.69, 9.17) is 16.3 Å². The molecule has 4 aromatic carbocycles. The molecule has 2 saturated heterocycles. The number of likely N-dealkylation sites (tertiary alicyclic amines) is 2. The van der Waals surface area contributed by atoms with Gasteiger partial charge in [-0.1, -0.05) is 30.7 Å². The van der Waals surface area contributed by atoms with E-state index in [0.29, 0.717) is 71.9 Å². The second-order valence-electron chi connectivity index (χ2n) is 15.7. The fraction of sp³-hybridized carbons (Fsp3) is 0.333. The Labute approximate surface area is 352 Å². The Hall–Kier alpha value is -5.50. The number of thiol groups is 1. The average Bonchev–Trinajstić information content (AvgIpc) is 3.99. The number of carbonyl (C=O) groups is 4. The number of nitrogens with zero attached hydrogens (tertiary/aromatic N) is 3. The number of ether oxygens (including phenoxy) is 1. The molecule has 12 nitrogen and oxygen atoms in total. The molecule has 2 aromatic heterocycles. The summed E-state index contributed by atoms with van der Waals surface area (Å²) in [7, 11) is 0. The smallest absolute Gasteiger partial charge is 0.409 e. The molecule has 3 aliphatic rings. The zero-order valence-electron chi connectivity index (χ0n) is 32.6. The molecule has 1 atom stereocenters. The van der Waals surface area contributed by atoms with Crippen molar-refractivity contribution in [2.45, 2.75) is 57.0 Å². The number of aromatic nitrogens is 2. The quantitative estimate of drug-likeness (QED) is 0.0730. The first-order chi connectivity index (χ1) is 28.8. The van der Waals surface area contributed by atoms with Crippen LogP contribution in [0.2, 0.25) is 0 Å². The lowest BCUT2D eigenvalue weighted by Crippen LogP contribution is -2.48. The van der Waals surface area contributed by atoms with E-state index in [1.165, 1.54) is 19.3 Å². The summed E-state index contributed by atoms with van der Waals surface area (Å²) in [6, 6.07) is 24.2. The highest BCUT2D eigenvalue weighted by Crippen LogP contribution is 2.43. The Morgan fingerprint density at radius 2 is 1.44 bits per heavy atom. The molecule has 6 aromatic rings. The van der Waals surface area contributed by atoms with Crippen LogP contribution in [0.3, 0.4) is 0 Å². The van der Waals surface area contributed by atoms with Crippen LogP contribution in [0, 0.1) is 0 Å². The Balaban J connectivity index is 0.928. The van der Waals surface area contributed by atoms with Crippen LogP contribution in [0.15, 0.2) is 78.9 Å². The van der Waals surface area contributed by atoms with Gasteiger partial charge in [0.25, 0.3) is 11.8 Å². The van der Waals surface area contributed by atoms with Crippen molar-refractivity contribution in [3.8, 4) is 5.75 Å². The van der Waals surface area contributed by atoms with Gasteiger partial charge in [-0.3, -0.25) is 14.4 Å².